The quantitative estimate of drug-likeness (QED) is 0.863. The summed E-state index contributed by atoms with van der Waals surface area (Å²) in [6, 6.07) is 7.30. The van der Waals surface area contributed by atoms with Crippen molar-refractivity contribution < 1.29 is 9.53 Å². The summed E-state index contributed by atoms with van der Waals surface area (Å²) in [5, 5.41) is 3.33. The summed E-state index contributed by atoms with van der Waals surface area (Å²) in [5.41, 5.74) is 6.95. The van der Waals surface area contributed by atoms with Crippen molar-refractivity contribution in [1.29, 1.82) is 0 Å². The molecule has 0 bridgehead atoms. The van der Waals surface area contributed by atoms with Gasteiger partial charge in [0.2, 0.25) is 0 Å². The summed E-state index contributed by atoms with van der Waals surface area (Å²) in [6.45, 7) is 3.94. The second-order valence-electron chi connectivity index (χ2n) is 4.49. The molecule has 0 aliphatic rings. The fourth-order valence-electron chi connectivity index (χ4n) is 1.44. The average Bonchev–Trinajstić information content (AvgIpc) is 2.29. The Bertz CT molecular complexity index is 379. The molecule has 1 rings (SSSR count). The predicted molar refractivity (Wildman–Crippen MR) is 72.8 cm³/mol. The molecule has 1 atom stereocenters. The fraction of sp³-hybridized carbons (Fsp3) is 0.462. The van der Waals surface area contributed by atoms with E-state index in [9.17, 15) is 4.79 Å². The number of alkyl carbamates (subject to hydrolysis) is 1. The van der Waals surface area contributed by atoms with Crippen LogP contribution in [0.5, 0.6) is 0 Å². The van der Waals surface area contributed by atoms with Crippen LogP contribution in [0.2, 0.25) is 5.02 Å². The first-order chi connectivity index (χ1) is 8.47. The molecule has 1 aromatic carbocycles. The number of hydrogen-bond donors (Lipinski definition) is 2. The van der Waals surface area contributed by atoms with E-state index in [4.69, 9.17) is 22.1 Å². The number of nitrogens with two attached hydrogens (primary N) is 1. The van der Waals surface area contributed by atoms with E-state index in [1.54, 1.807) is 0 Å². The highest BCUT2D eigenvalue weighted by Gasteiger charge is 2.09. The zero-order valence-electron chi connectivity index (χ0n) is 10.7. The molecule has 0 radical (unpaired) electrons. The zero-order chi connectivity index (χ0) is 13.5. The van der Waals surface area contributed by atoms with Crippen LogP contribution in [0, 0.1) is 0 Å². The number of amides is 1. The molecule has 0 spiro atoms. The Labute approximate surface area is 112 Å². The SMILES string of the molecule is CC(C)NC(=O)OCC(N)Cc1ccc(Cl)cc1. The van der Waals surface area contributed by atoms with Crippen molar-refractivity contribution in [2.24, 2.45) is 5.73 Å². The van der Waals surface area contributed by atoms with E-state index in [2.05, 4.69) is 5.32 Å². The Morgan fingerprint density at radius 3 is 2.56 bits per heavy atom. The third kappa shape index (κ3) is 5.89. The van der Waals surface area contributed by atoms with Crippen LogP contribution < -0.4 is 11.1 Å². The van der Waals surface area contributed by atoms with Gasteiger partial charge in [0.05, 0.1) is 0 Å². The molecule has 18 heavy (non-hydrogen) atoms. The molecular weight excluding hydrogens is 252 g/mol. The first-order valence-corrected chi connectivity index (χ1v) is 6.28. The maximum atomic E-state index is 11.2. The van der Waals surface area contributed by atoms with Crippen LogP contribution in [-0.4, -0.2) is 24.8 Å². The number of rotatable bonds is 5. The number of nitrogens with one attached hydrogen (secondary N) is 1. The summed E-state index contributed by atoms with van der Waals surface area (Å²) >= 11 is 5.79. The van der Waals surface area contributed by atoms with Crippen molar-refractivity contribution in [2.75, 3.05) is 6.61 Å². The lowest BCUT2D eigenvalue weighted by Crippen LogP contribution is -2.36. The molecule has 0 heterocycles. The lowest BCUT2D eigenvalue weighted by atomic mass is 10.1. The van der Waals surface area contributed by atoms with E-state index in [1.165, 1.54) is 0 Å². The van der Waals surface area contributed by atoms with Crippen molar-refractivity contribution in [2.45, 2.75) is 32.4 Å². The number of halogens is 1. The molecular formula is C13H19ClN2O2. The van der Waals surface area contributed by atoms with Gasteiger partial charge in [-0.1, -0.05) is 23.7 Å². The minimum atomic E-state index is -0.434. The summed E-state index contributed by atoms with van der Waals surface area (Å²) in [5.74, 6) is 0. The van der Waals surface area contributed by atoms with Crippen LogP contribution in [0.15, 0.2) is 24.3 Å². The second-order valence-corrected chi connectivity index (χ2v) is 4.92. The van der Waals surface area contributed by atoms with E-state index in [0.29, 0.717) is 11.4 Å². The topological polar surface area (TPSA) is 64.3 Å². The van der Waals surface area contributed by atoms with Gasteiger partial charge in [0.25, 0.3) is 0 Å². The van der Waals surface area contributed by atoms with Crippen molar-refractivity contribution in [3.63, 3.8) is 0 Å². The van der Waals surface area contributed by atoms with Gasteiger partial charge in [-0.3, -0.25) is 0 Å². The molecule has 3 N–H and O–H groups in total. The first-order valence-electron chi connectivity index (χ1n) is 5.90. The Kier molecular flexibility index (Phi) is 5.95. The van der Waals surface area contributed by atoms with Gasteiger partial charge < -0.3 is 15.8 Å². The lowest BCUT2D eigenvalue weighted by Gasteiger charge is -2.14. The van der Waals surface area contributed by atoms with Crippen molar-refractivity contribution in [1.82, 2.24) is 5.32 Å². The molecule has 0 aromatic heterocycles. The summed E-state index contributed by atoms with van der Waals surface area (Å²) < 4.78 is 5.01. The van der Waals surface area contributed by atoms with Crippen LogP contribution in [-0.2, 0) is 11.2 Å². The van der Waals surface area contributed by atoms with Gasteiger partial charge in [-0.05, 0) is 38.0 Å². The van der Waals surface area contributed by atoms with E-state index in [-0.39, 0.29) is 18.7 Å². The van der Waals surface area contributed by atoms with Gasteiger partial charge in [-0.15, -0.1) is 0 Å². The zero-order valence-corrected chi connectivity index (χ0v) is 11.4. The predicted octanol–water partition coefficient (Wildman–Crippen LogP) is 2.34. The van der Waals surface area contributed by atoms with Gasteiger partial charge in [0.15, 0.2) is 0 Å². The largest absolute Gasteiger partial charge is 0.448 e. The number of carbonyl (C=O) groups excluding carboxylic acids is 1. The highest BCUT2D eigenvalue weighted by molar-refractivity contribution is 6.30. The Morgan fingerprint density at radius 1 is 1.39 bits per heavy atom. The van der Waals surface area contributed by atoms with Crippen LogP contribution >= 0.6 is 11.6 Å². The van der Waals surface area contributed by atoms with E-state index >= 15 is 0 Å². The van der Waals surface area contributed by atoms with Crippen LogP contribution in [0.3, 0.4) is 0 Å². The van der Waals surface area contributed by atoms with Crippen LogP contribution in [0.25, 0.3) is 0 Å². The number of hydrogen-bond acceptors (Lipinski definition) is 3. The van der Waals surface area contributed by atoms with E-state index < -0.39 is 6.09 Å². The van der Waals surface area contributed by atoms with Gasteiger partial charge in [-0.25, -0.2) is 4.79 Å². The monoisotopic (exact) mass is 270 g/mol. The van der Waals surface area contributed by atoms with Crippen LogP contribution in [0.4, 0.5) is 4.79 Å². The minimum absolute atomic E-state index is 0.0602. The lowest BCUT2D eigenvalue weighted by molar-refractivity contribution is 0.136. The van der Waals surface area contributed by atoms with Gasteiger partial charge in [0, 0.05) is 17.1 Å². The summed E-state index contributed by atoms with van der Waals surface area (Å²) in [7, 11) is 0. The molecule has 0 saturated heterocycles. The smallest absolute Gasteiger partial charge is 0.407 e. The van der Waals surface area contributed by atoms with Gasteiger partial charge in [0.1, 0.15) is 6.61 Å². The van der Waals surface area contributed by atoms with Crippen LogP contribution in [0.1, 0.15) is 19.4 Å². The normalized spacial score (nSPS) is 12.3. The highest BCUT2D eigenvalue weighted by atomic mass is 35.5. The fourth-order valence-corrected chi connectivity index (χ4v) is 1.57. The Balaban J connectivity index is 2.31. The third-order valence-electron chi connectivity index (χ3n) is 2.25. The molecule has 4 nitrogen and oxygen atoms in total. The van der Waals surface area contributed by atoms with E-state index in [1.807, 2.05) is 38.1 Å². The van der Waals surface area contributed by atoms with Crippen molar-refractivity contribution in [3.05, 3.63) is 34.9 Å². The Hall–Kier alpha value is -1.26. The van der Waals surface area contributed by atoms with Crippen molar-refractivity contribution >= 4 is 17.7 Å². The molecule has 5 heteroatoms. The minimum Gasteiger partial charge on any atom is -0.448 e. The first kappa shape index (κ1) is 14.8. The molecule has 0 fully saturated rings. The molecule has 1 unspecified atom stereocenters. The molecule has 0 aliphatic heterocycles. The van der Waals surface area contributed by atoms with Gasteiger partial charge >= 0.3 is 6.09 Å². The van der Waals surface area contributed by atoms with Gasteiger partial charge in [-0.2, -0.15) is 0 Å². The summed E-state index contributed by atoms with van der Waals surface area (Å²) in [6.07, 6.45) is 0.211. The molecule has 0 saturated carbocycles. The van der Waals surface area contributed by atoms with E-state index in [0.717, 1.165) is 5.56 Å². The molecule has 1 aromatic rings. The Morgan fingerprint density at radius 2 is 2.00 bits per heavy atom. The number of carbonyl (C=O) groups is 1. The standard InChI is InChI=1S/C13H19ClN2O2/c1-9(2)16-13(17)18-8-12(15)7-10-3-5-11(14)6-4-10/h3-6,9,12H,7-8,15H2,1-2H3,(H,16,17). The number of benzene rings is 1. The molecule has 1 amide bonds. The average molecular weight is 271 g/mol. The second kappa shape index (κ2) is 7.24. The summed E-state index contributed by atoms with van der Waals surface area (Å²) in [4.78, 5) is 11.2. The molecule has 0 aliphatic carbocycles. The molecule has 100 valence electrons. The maximum absolute atomic E-state index is 11.2. The highest BCUT2D eigenvalue weighted by Crippen LogP contribution is 2.10. The van der Waals surface area contributed by atoms with Crippen molar-refractivity contribution in [3.8, 4) is 0 Å². The maximum Gasteiger partial charge on any atom is 0.407 e. The number of ether oxygens (including phenoxy) is 1. The third-order valence-corrected chi connectivity index (χ3v) is 2.50.